The number of benzene rings is 1. The first kappa shape index (κ1) is 14.2. The van der Waals surface area contributed by atoms with Gasteiger partial charge in [-0.15, -0.1) is 0 Å². The van der Waals surface area contributed by atoms with Crippen molar-refractivity contribution in [3.8, 4) is 0 Å². The first-order valence-corrected chi connectivity index (χ1v) is 7.17. The summed E-state index contributed by atoms with van der Waals surface area (Å²) in [6.45, 7) is 6.36. The van der Waals surface area contributed by atoms with Gasteiger partial charge >= 0.3 is 0 Å². The summed E-state index contributed by atoms with van der Waals surface area (Å²) in [5.74, 6) is 0.543. The molecule has 3 heteroatoms. The van der Waals surface area contributed by atoms with Gasteiger partial charge in [0.25, 0.3) is 0 Å². The van der Waals surface area contributed by atoms with Crippen molar-refractivity contribution in [2.75, 3.05) is 0 Å². The Morgan fingerprint density at radius 2 is 1.88 bits per heavy atom. The SMILES string of the molecule is CCC(C)CC(O)c1cc(Br)c(C)cc1Br. The zero-order valence-electron chi connectivity index (χ0n) is 9.93. The largest absolute Gasteiger partial charge is 0.388 e. The summed E-state index contributed by atoms with van der Waals surface area (Å²) >= 11 is 7.01. The molecule has 0 bridgehead atoms. The van der Waals surface area contributed by atoms with Crippen LogP contribution in [-0.4, -0.2) is 5.11 Å². The van der Waals surface area contributed by atoms with Gasteiger partial charge in [0, 0.05) is 8.95 Å². The van der Waals surface area contributed by atoms with Gasteiger partial charge in [0.05, 0.1) is 6.10 Å². The van der Waals surface area contributed by atoms with Crippen molar-refractivity contribution in [2.24, 2.45) is 5.92 Å². The van der Waals surface area contributed by atoms with Crippen LogP contribution in [0.2, 0.25) is 0 Å². The molecule has 0 heterocycles. The molecule has 0 saturated carbocycles. The van der Waals surface area contributed by atoms with E-state index in [4.69, 9.17) is 0 Å². The van der Waals surface area contributed by atoms with E-state index in [0.717, 1.165) is 27.4 Å². The van der Waals surface area contributed by atoms with E-state index in [1.165, 1.54) is 5.56 Å². The Balaban J connectivity index is 2.91. The van der Waals surface area contributed by atoms with Gasteiger partial charge in [-0.05, 0) is 42.5 Å². The second-order valence-corrected chi connectivity index (χ2v) is 6.10. The molecule has 2 atom stereocenters. The fraction of sp³-hybridized carbons (Fsp3) is 0.538. The van der Waals surface area contributed by atoms with E-state index in [1.54, 1.807) is 0 Å². The summed E-state index contributed by atoms with van der Waals surface area (Å²) in [5.41, 5.74) is 2.14. The molecule has 1 aromatic carbocycles. The summed E-state index contributed by atoms with van der Waals surface area (Å²) in [6.07, 6.45) is 1.52. The molecule has 0 aliphatic carbocycles. The van der Waals surface area contributed by atoms with Gasteiger partial charge in [0.2, 0.25) is 0 Å². The normalized spacial score (nSPS) is 14.9. The summed E-state index contributed by atoms with van der Waals surface area (Å²) in [4.78, 5) is 0. The average molecular weight is 350 g/mol. The van der Waals surface area contributed by atoms with Crippen LogP contribution in [0.3, 0.4) is 0 Å². The van der Waals surface area contributed by atoms with E-state index < -0.39 is 0 Å². The monoisotopic (exact) mass is 348 g/mol. The van der Waals surface area contributed by atoms with Crippen LogP contribution < -0.4 is 0 Å². The van der Waals surface area contributed by atoms with E-state index in [0.29, 0.717) is 5.92 Å². The smallest absolute Gasteiger partial charge is 0.0803 e. The van der Waals surface area contributed by atoms with Crippen LogP contribution in [0.1, 0.15) is 43.9 Å². The molecule has 0 aliphatic heterocycles. The molecule has 2 unspecified atom stereocenters. The minimum absolute atomic E-state index is 0.388. The highest BCUT2D eigenvalue weighted by molar-refractivity contribution is 9.11. The number of aliphatic hydroxyl groups is 1. The van der Waals surface area contributed by atoms with E-state index in [2.05, 4.69) is 45.7 Å². The molecule has 0 amide bonds. The third-order valence-electron chi connectivity index (χ3n) is 2.96. The molecule has 1 N–H and O–H groups in total. The van der Waals surface area contributed by atoms with Crippen LogP contribution in [0, 0.1) is 12.8 Å². The Hall–Kier alpha value is 0.140. The van der Waals surface area contributed by atoms with E-state index in [1.807, 2.05) is 19.1 Å². The Kier molecular flexibility index (Phi) is 5.48. The second kappa shape index (κ2) is 6.18. The zero-order valence-corrected chi connectivity index (χ0v) is 13.1. The summed E-state index contributed by atoms with van der Waals surface area (Å²) in [7, 11) is 0. The molecule has 0 spiro atoms. The fourth-order valence-electron chi connectivity index (χ4n) is 1.59. The Labute approximate surface area is 115 Å². The van der Waals surface area contributed by atoms with Crippen molar-refractivity contribution in [1.29, 1.82) is 0 Å². The quantitative estimate of drug-likeness (QED) is 0.811. The van der Waals surface area contributed by atoms with Gasteiger partial charge in [-0.25, -0.2) is 0 Å². The highest BCUT2D eigenvalue weighted by atomic mass is 79.9. The number of aryl methyl sites for hydroxylation is 1. The van der Waals surface area contributed by atoms with Crippen LogP contribution in [0.15, 0.2) is 21.1 Å². The Morgan fingerprint density at radius 3 is 2.44 bits per heavy atom. The minimum atomic E-state index is -0.388. The summed E-state index contributed by atoms with van der Waals surface area (Å²) < 4.78 is 2.04. The van der Waals surface area contributed by atoms with E-state index in [-0.39, 0.29) is 6.10 Å². The van der Waals surface area contributed by atoms with Gasteiger partial charge in [-0.1, -0.05) is 52.1 Å². The lowest BCUT2D eigenvalue weighted by molar-refractivity contribution is 0.145. The highest BCUT2D eigenvalue weighted by Crippen LogP contribution is 2.32. The predicted molar refractivity (Wildman–Crippen MR) is 75.6 cm³/mol. The minimum Gasteiger partial charge on any atom is -0.388 e. The van der Waals surface area contributed by atoms with Crippen LogP contribution in [0.4, 0.5) is 0 Å². The van der Waals surface area contributed by atoms with Crippen LogP contribution in [0.25, 0.3) is 0 Å². The number of hydrogen-bond acceptors (Lipinski definition) is 1. The van der Waals surface area contributed by atoms with Gasteiger partial charge in [0.15, 0.2) is 0 Å². The first-order chi connectivity index (χ1) is 7.45. The van der Waals surface area contributed by atoms with Crippen molar-refractivity contribution in [3.05, 3.63) is 32.2 Å². The summed E-state index contributed by atoms with van der Waals surface area (Å²) in [5, 5.41) is 10.2. The lowest BCUT2D eigenvalue weighted by Gasteiger charge is -2.17. The van der Waals surface area contributed by atoms with Crippen molar-refractivity contribution < 1.29 is 5.11 Å². The molecule has 0 saturated heterocycles. The van der Waals surface area contributed by atoms with Gasteiger partial charge in [0.1, 0.15) is 0 Å². The third kappa shape index (κ3) is 3.57. The zero-order chi connectivity index (χ0) is 12.3. The molecule has 0 fully saturated rings. The average Bonchev–Trinajstić information content (AvgIpc) is 2.23. The molecule has 0 aliphatic rings. The molecule has 1 nitrogen and oxygen atoms in total. The number of hydrogen-bond donors (Lipinski definition) is 1. The number of rotatable bonds is 4. The Bertz CT molecular complexity index is 363. The fourth-order valence-corrected chi connectivity index (χ4v) is 2.67. The predicted octanol–water partition coefficient (Wildman–Crippen LogP) is 4.99. The van der Waals surface area contributed by atoms with E-state index >= 15 is 0 Å². The summed E-state index contributed by atoms with van der Waals surface area (Å²) in [6, 6.07) is 4.05. The maximum absolute atomic E-state index is 10.2. The van der Waals surface area contributed by atoms with Crippen molar-refractivity contribution in [1.82, 2.24) is 0 Å². The molecule has 0 aromatic heterocycles. The number of halogens is 2. The standard InChI is InChI=1S/C13H18Br2O/c1-4-8(2)5-13(16)10-7-11(14)9(3)6-12(10)15/h6-8,13,16H,4-5H2,1-3H3. The third-order valence-corrected chi connectivity index (χ3v) is 4.50. The van der Waals surface area contributed by atoms with Crippen molar-refractivity contribution >= 4 is 31.9 Å². The van der Waals surface area contributed by atoms with Crippen LogP contribution >= 0.6 is 31.9 Å². The van der Waals surface area contributed by atoms with Crippen molar-refractivity contribution in [2.45, 2.75) is 39.7 Å². The molecule has 0 radical (unpaired) electrons. The maximum atomic E-state index is 10.2. The van der Waals surface area contributed by atoms with Gasteiger partial charge < -0.3 is 5.11 Å². The van der Waals surface area contributed by atoms with E-state index in [9.17, 15) is 5.11 Å². The number of aliphatic hydroxyl groups excluding tert-OH is 1. The highest BCUT2D eigenvalue weighted by Gasteiger charge is 2.15. The molecular formula is C13H18Br2O. The first-order valence-electron chi connectivity index (χ1n) is 5.59. The van der Waals surface area contributed by atoms with Gasteiger partial charge in [-0.2, -0.15) is 0 Å². The lowest BCUT2D eigenvalue weighted by atomic mass is 9.96. The maximum Gasteiger partial charge on any atom is 0.0803 e. The van der Waals surface area contributed by atoms with Crippen LogP contribution in [0.5, 0.6) is 0 Å². The topological polar surface area (TPSA) is 20.2 Å². The molecule has 1 rings (SSSR count). The Morgan fingerprint density at radius 1 is 1.25 bits per heavy atom. The van der Waals surface area contributed by atoms with Crippen molar-refractivity contribution in [3.63, 3.8) is 0 Å². The molecular weight excluding hydrogens is 332 g/mol. The second-order valence-electron chi connectivity index (χ2n) is 4.39. The van der Waals surface area contributed by atoms with Gasteiger partial charge in [-0.3, -0.25) is 0 Å². The molecule has 16 heavy (non-hydrogen) atoms. The lowest BCUT2D eigenvalue weighted by Crippen LogP contribution is -2.05. The molecule has 1 aromatic rings. The molecule has 90 valence electrons. The van der Waals surface area contributed by atoms with Crippen LogP contribution in [-0.2, 0) is 0 Å².